The molecular weight excluding hydrogens is 414 g/mol. The predicted molar refractivity (Wildman–Crippen MR) is 126 cm³/mol. The smallest absolute Gasteiger partial charge is 0.251 e. The standard InChI is InChI=1S/C27H27N3O3/c1-18-11-13-21(14-12-18)27(33)29-23(20-8-3-2-4-9-20)17-24(31)30-16-15-19-7-5-6-10-22(19)25(30)26(28)32/h2-14,23,25H,15-17H2,1H3,(H2,28,32)(H,29,33). The molecule has 6 heteroatoms. The number of benzene rings is 3. The predicted octanol–water partition coefficient (Wildman–Crippen LogP) is 3.47. The summed E-state index contributed by atoms with van der Waals surface area (Å²) in [7, 11) is 0. The Balaban J connectivity index is 1.58. The van der Waals surface area contributed by atoms with Gasteiger partial charge in [0.15, 0.2) is 0 Å². The third kappa shape index (κ3) is 4.95. The molecule has 0 fully saturated rings. The summed E-state index contributed by atoms with van der Waals surface area (Å²) >= 11 is 0. The molecule has 1 heterocycles. The molecule has 0 saturated heterocycles. The van der Waals surface area contributed by atoms with E-state index in [9.17, 15) is 14.4 Å². The number of carbonyl (C=O) groups excluding carboxylic acids is 3. The highest BCUT2D eigenvalue weighted by Gasteiger charge is 2.35. The molecule has 0 aromatic heterocycles. The van der Waals surface area contributed by atoms with E-state index in [1.165, 1.54) is 0 Å². The van der Waals surface area contributed by atoms with Crippen LogP contribution in [0.15, 0.2) is 78.9 Å². The van der Waals surface area contributed by atoms with Crippen LogP contribution >= 0.6 is 0 Å². The maximum Gasteiger partial charge on any atom is 0.251 e. The highest BCUT2D eigenvalue weighted by molar-refractivity contribution is 5.95. The van der Waals surface area contributed by atoms with Crippen molar-refractivity contribution >= 4 is 17.7 Å². The number of rotatable bonds is 6. The Morgan fingerprint density at radius 3 is 2.33 bits per heavy atom. The van der Waals surface area contributed by atoms with Gasteiger partial charge in [-0.1, -0.05) is 72.3 Å². The topological polar surface area (TPSA) is 92.5 Å². The van der Waals surface area contributed by atoms with Crippen LogP contribution in [0.5, 0.6) is 0 Å². The number of amides is 3. The zero-order valence-electron chi connectivity index (χ0n) is 18.5. The minimum Gasteiger partial charge on any atom is -0.368 e. The Labute approximate surface area is 193 Å². The van der Waals surface area contributed by atoms with Gasteiger partial charge in [0.25, 0.3) is 5.91 Å². The fraction of sp³-hybridized carbons (Fsp3) is 0.222. The molecule has 2 unspecified atom stereocenters. The van der Waals surface area contributed by atoms with E-state index in [4.69, 9.17) is 5.73 Å². The summed E-state index contributed by atoms with van der Waals surface area (Å²) in [6.45, 7) is 2.36. The van der Waals surface area contributed by atoms with Gasteiger partial charge < -0.3 is 16.0 Å². The molecule has 1 aliphatic rings. The normalized spacial score (nSPS) is 15.9. The van der Waals surface area contributed by atoms with Gasteiger partial charge in [-0.2, -0.15) is 0 Å². The number of nitrogens with one attached hydrogen (secondary N) is 1. The molecule has 0 spiro atoms. The molecule has 0 radical (unpaired) electrons. The van der Waals surface area contributed by atoms with Crippen LogP contribution in [0.25, 0.3) is 0 Å². The minimum atomic E-state index is -0.813. The second kappa shape index (κ2) is 9.69. The van der Waals surface area contributed by atoms with Gasteiger partial charge >= 0.3 is 0 Å². The van der Waals surface area contributed by atoms with Crippen molar-refractivity contribution in [1.29, 1.82) is 0 Å². The minimum absolute atomic E-state index is 0.0214. The maximum atomic E-state index is 13.4. The zero-order valence-corrected chi connectivity index (χ0v) is 18.5. The van der Waals surface area contributed by atoms with Crippen LogP contribution in [0.4, 0.5) is 0 Å². The molecule has 2 atom stereocenters. The van der Waals surface area contributed by atoms with E-state index in [0.29, 0.717) is 18.5 Å². The van der Waals surface area contributed by atoms with E-state index in [0.717, 1.165) is 22.3 Å². The van der Waals surface area contributed by atoms with Crippen LogP contribution in [0.3, 0.4) is 0 Å². The van der Waals surface area contributed by atoms with Crippen molar-refractivity contribution in [2.45, 2.75) is 31.8 Å². The molecule has 1 aliphatic heterocycles. The van der Waals surface area contributed by atoms with Crippen molar-refractivity contribution in [3.63, 3.8) is 0 Å². The summed E-state index contributed by atoms with van der Waals surface area (Å²) in [4.78, 5) is 40.2. The van der Waals surface area contributed by atoms with Crippen molar-refractivity contribution in [2.24, 2.45) is 5.73 Å². The van der Waals surface area contributed by atoms with Crippen LogP contribution in [0.2, 0.25) is 0 Å². The van der Waals surface area contributed by atoms with Gasteiger partial charge in [0.1, 0.15) is 6.04 Å². The number of primary amides is 1. The van der Waals surface area contributed by atoms with Crippen molar-refractivity contribution in [2.75, 3.05) is 6.54 Å². The number of carbonyl (C=O) groups is 3. The van der Waals surface area contributed by atoms with E-state index in [1.807, 2.05) is 73.7 Å². The second-order valence-corrected chi connectivity index (χ2v) is 8.35. The van der Waals surface area contributed by atoms with Gasteiger partial charge in [-0.15, -0.1) is 0 Å². The van der Waals surface area contributed by atoms with E-state index in [2.05, 4.69) is 5.32 Å². The second-order valence-electron chi connectivity index (χ2n) is 8.35. The monoisotopic (exact) mass is 441 g/mol. The first-order valence-electron chi connectivity index (χ1n) is 11.0. The SMILES string of the molecule is Cc1ccc(C(=O)NC(CC(=O)N2CCc3ccccc3C2C(N)=O)c2ccccc2)cc1. The third-order valence-corrected chi connectivity index (χ3v) is 6.07. The Morgan fingerprint density at radius 1 is 0.970 bits per heavy atom. The quantitative estimate of drug-likeness (QED) is 0.614. The molecule has 0 saturated carbocycles. The first-order valence-corrected chi connectivity index (χ1v) is 11.0. The molecule has 6 nitrogen and oxygen atoms in total. The van der Waals surface area contributed by atoms with Gasteiger partial charge in [-0.25, -0.2) is 0 Å². The van der Waals surface area contributed by atoms with Gasteiger partial charge in [-0.05, 0) is 42.2 Å². The summed E-state index contributed by atoms with van der Waals surface area (Å²) in [5, 5.41) is 3.00. The Morgan fingerprint density at radius 2 is 1.64 bits per heavy atom. The number of nitrogens with zero attached hydrogens (tertiary/aromatic N) is 1. The van der Waals surface area contributed by atoms with Gasteiger partial charge in [0.05, 0.1) is 12.5 Å². The summed E-state index contributed by atoms with van der Waals surface area (Å²) in [6, 6.07) is 22.9. The van der Waals surface area contributed by atoms with Crippen molar-refractivity contribution in [3.05, 3.63) is 107 Å². The molecule has 3 amide bonds. The van der Waals surface area contributed by atoms with Crippen LogP contribution in [-0.4, -0.2) is 29.2 Å². The van der Waals surface area contributed by atoms with Crippen molar-refractivity contribution < 1.29 is 14.4 Å². The average Bonchev–Trinajstić information content (AvgIpc) is 2.83. The Bertz CT molecular complexity index is 1160. The lowest BCUT2D eigenvalue weighted by atomic mass is 9.91. The number of fused-ring (bicyclic) bond motifs is 1. The zero-order chi connectivity index (χ0) is 23.4. The molecular formula is C27H27N3O3. The molecule has 0 aliphatic carbocycles. The molecule has 3 aromatic rings. The average molecular weight is 442 g/mol. The molecule has 0 bridgehead atoms. The molecule has 168 valence electrons. The Hall–Kier alpha value is -3.93. The fourth-order valence-electron chi connectivity index (χ4n) is 4.32. The largest absolute Gasteiger partial charge is 0.368 e. The summed E-state index contributed by atoms with van der Waals surface area (Å²) < 4.78 is 0. The van der Waals surface area contributed by atoms with Crippen molar-refractivity contribution in [1.82, 2.24) is 10.2 Å². The van der Waals surface area contributed by atoms with Crippen LogP contribution < -0.4 is 11.1 Å². The number of nitrogens with two attached hydrogens (primary N) is 1. The first-order chi connectivity index (χ1) is 15.9. The molecule has 33 heavy (non-hydrogen) atoms. The van der Waals surface area contributed by atoms with E-state index in [1.54, 1.807) is 17.0 Å². The summed E-state index contributed by atoms with van der Waals surface area (Å²) in [5.74, 6) is -1.05. The molecule has 3 N–H and O–H groups in total. The lowest BCUT2D eigenvalue weighted by Gasteiger charge is -2.36. The van der Waals surface area contributed by atoms with Crippen molar-refractivity contribution in [3.8, 4) is 0 Å². The number of hydrogen-bond acceptors (Lipinski definition) is 3. The maximum absolute atomic E-state index is 13.4. The summed E-state index contributed by atoms with van der Waals surface area (Å²) in [6.07, 6.45) is 0.672. The number of aryl methyl sites for hydroxylation is 1. The van der Waals surface area contributed by atoms with Gasteiger partial charge in [-0.3, -0.25) is 14.4 Å². The molecule has 4 rings (SSSR count). The van der Waals surface area contributed by atoms with Crippen LogP contribution in [-0.2, 0) is 16.0 Å². The summed E-state index contributed by atoms with van der Waals surface area (Å²) in [5.41, 5.74) is 9.91. The lowest BCUT2D eigenvalue weighted by molar-refractivity contribution is -0.140. The lowest BCUT2D eigenvalue weighted by Crippen LogP contribution is -2.46. The van der Waals surface area contributed by atoms with Crippen LogP contribution in [0, 0.1) is 6.92 Å². The highest BCUT2D eigenvalue weighted by Crippen LogP contribution is 2.31. The number of hydrogen-bond donors (Lipinski definition) is 2. The first kappa shape index (κ1) is 22.3. The molecule has 3 aromatic carbocycles. The Kier molecular flexibility index (Phi) is 6.54. The fourth-order valence-corrected chi connectivity index (χ4v) is 4.32. The highest BCUT2D eigenvalue weighted by atomic mass is 16.2. The van der Waals surface area contributed by atoms with Crippen LogP contribution in [0.1, 0.15) is 51.1 Å². The van der Waals surface area contributed by atoms with E-state index < -0.39 is 18.0 Å². The van der Waals surface area contributed by atoms with E-state index in [-0.39, 0.29) is 18.2 Å². The van der Waals surface area contributed by atoms with Gasteiger partial charge in [0, 0.05) is 12.1 Å². The van der Waals surface area contributed by atoms with E-state index >= 15 is 0 Å². The van der Waals surface area contributed by atoms with Gasteiger partial charge in [0.2, 0.25) is 11.8 Å². The third-order valence-electron chi connectivity index (χ3n) is 6.07.